The number of hydrogen-bond donors (Lipinski definition) is 3. The van der Waals surface area contributed by atoms with Gasteiger partial charge in [-0.2, -0.15) is 0 Å². The molecule has 0 saturated carbocycles. The van der Waals surface area contributed by atoms with E-state index >= 15 is 0 Å². The fourth-order valence-electron chi connectivity index (χ4n) is 6.18. The van der Waals surface area contributed by atoms with E-state index < -0.39 is 0 Å². The van der Waals surface area contributed by atoms with Gasteiger partial charge in [-0.1, -0.05) is 105 Å². The van der Waals surface area contributed by atoms with E-state index in [1.54, 1.807) is 6.20 Å². The molecule has 2 aliphatic rings. The minimum absolute atomic E-state index is 0.0996. The maximum Gasteiger partial charge on any atom is 0.115 e. The number of benzene rings is 4. The Morgan fingerprint density at radius 1 is 0.833 bits per heavy atom. The third kappa shape index (κ3) is 5.48. The summed E-state index contributed by atoms with van der Waals surface area (Å²) in [5, 5.41) is 7.56. The van der Waals surface area contributed by atoms with Crippen LogP contribution in [0.2, 0.25) is 0 Å². The molecule has 1 atom stereocenters. The minimum atomic E-state index is 0.0996. The molecule has 0 aliphatic carbocycles. The molecule has 0 aromatic heterocycles. The van der Waals surface area contributed by atoms with E-state index in [2.05, 4.69) is 132 Å². The first kappa shape index (κ1) is 27.2. The molecule has 0 radical (unpaired) electrons. The van der Waals surface area contributed by atoms with E-state index in [0.717, 1.165) is 54.1 Å². The molecule has 4 heteroatoms. The second-order valence-corrected chi connectivity index (χ2v) is 10.9. The summed E-state index contributed by atoms with van der Waals surface area (Å²) in [7, 11) is 0. The van der Waals surface area contributed by atoms with Crippen molar-refractivity contribution in [1.82, 2.24) is 5.32 Å². The summed E-state index contributed by atoms with van der Waals surface area (Å²) in [5.74, 6) is 0.905. The first-order chi connectivity index (χ1) is 20.7. The lowest BCUT2D eigenvalue weighted by Gasteiger charge is -2.35. The number of anilines is 3. The zero-order valence-electron chi connectivity index (χ0n) is 24.2. The normalized spacial score (nSPS) is 16.5. The van der Waals surface area contributed by atoms with Gasteiger partial charge in [-0.15, -0.1) is 0 Å². The molecule has 6 rings (SSSR count). The van der Waals surface area contributed by atoms with Crippen molar-refractivity contribution < 1.29 is 0 Å². The van der Waals surface area contributed by atoms with Crippen LogP contribution in [0.1, 0.15) is 41.2 Å². The Morgan fingerprint density at radius 2 is 1.40 bits per heavy atom. The van der Waals surface area contributed by atoms with E-state index in [-0.39, 0.29) is 6.04 Å². The van der Waals surface area contributed by atoms with Gasteiger partial charge in [-0.05, 0) is 76.9 Å². The van der Waals surface area contributed by atoms with Crippen molar-refractivity contribution in [3.8, 4) is 0 Å². The lowest BCUT2D eigenvalue weighted by molar-refractivity contribution is 0.816. The third-order valence-corrected chi connectivity index (χ3v) is 8.22. The number of fused-ring (bicyclic) bond motifs is 4. The zero-order chi connectivity index (χ0) is 28.9. The summed E-state index contributed by atoms with van der Waals surface area (Å²) < 4.78 is 0. The van der Waals surface area contributed by atoms with Crippen LogP contribution < -0.4 is 21.3 Å². The molecule has 0 amide bonds. The highest BCUT2D eigenvalue weighted by molar-refractivity contribution is 5.78. The highest BCUT2D eigenvalue weighted by atomic mass is 15.3. The van der Waals surface area contributed by atoms with E-state index in [0.29, 0.717) is 0 Å². The fourth-order valence-corrected chi connectivity index (χ4v) is 6.18. The summed E-state index contributed by atoms with van der Waals surface area (Å²) in [5.41, 5.74) is 18.5. The van der Waals surface area contributed by atoms with Crippen molar-refractivity contribution in [2.45, 2.75) is 38.6 Å². The van der Waals surface area contributed by atoms with Gasteiger partial charge in [0.2, 0.25) is 0 Å². The van der Waals surface area contributed by atoms with Crippen LogP contribution in [0.25, 0.3) is 0 Å². The summed E-state index contributed by atoms with van der Waals surface area (Å²) in [6.07, 6.45) is 11.4. The molecule has 4 N–H and O–H groups in total. The van der Waals surface area contributed by atoms with Crippen molar-refractivity contribution in [3.63, 3.8) is 0 Å². The van der Waals surface area contributed by atoms with Gasteiger partial charge in [0, 0.05) is 24.4 Å². The van der Waals surface area contributed by atoms with Crippen LogP contribution in [0.3, 0.4) is 0 Å². The molecule has 210 valence electrons. The Balaban J connectivity index is 1.36. The van der Waals surface area contributed by atoms with Crippen molar-refractivity contribution in [1.29, 1.82) is 0 Å². The lowest BCUT2D eigenvalue weighted by Crippen LogP contribution is -2.32. The quantitative estimate of drug-likeness (QED) is 0.204. The van der Waals surface area contributed by atoms with Crippen LogP contribution in [-0.4, -0.2) is 6.04 Å². The van der Waals surface area contributed by atoms with Crippen LogP contribution in [0.4, 0.5) is 17.1 Å². The molecule has 1 unspecified atom stereocenters. The van der Waals surface area contributed by atoms with Crippen LogP contribution in [0.5, 0.6) is 0 Å². The van der Waals surface area contributed by atoms with E-state index in [1.165, 1.54) is 33.5 Å². The minimum Gasteiger partial charge on any atom is -0.403 e. The molecular weight excluding hydrogens is 512 g/mol. The SMILES string of the molecule is C=C/C=C(\NC(=C/N)/C(=C\C1Cc2ccccc2Cc2ccccc2N1)CC)N1c2ccccc2Cc2ccccc21. The van der Waals surface area contributed by atoms with Gasteiger partial charge < -0.3 is 16.4 Å². The molecular formula is C38H38N4. The van der Waals surface area contributed by atoms with Gasteiger partial charge in [-0.25, -0.2) is 0 Å². The molecule has 0 saturated heterocycles. The Hall–Kier alpha value is -4.96. The lowest BCUT2D eigenvalue weighted by atomic mass is 9.91. The average Bonchev–Trinajstić information content (AvgIpc) is 3.01. The molecule has 0 fully saturated rings. The predicted octanol–water partition coefficient (Wildman–Crippen LogP) is 8.11. The van der Waals surface area contributed by atoms with Crippen molar-refractivity contribution in [2.75, 3.05) is 10.2 Å². The molecule has 4 nitrogen and oxygen atoms in total. The molecule has 42 heavy (non-hydrogen) atoms. The molecule has 4 aromatic rings. The highest BCUT2D eigenvalue weighted by Gasteiger charge is 2.26. The highest BCUT2D eigenvalue weighted by Crippen LogP contribution is 2.41. The topological polar surface area (TPSA) is 53.3 Å². The van der Waals surface area contributed by atoms with Crippen molar-refractivity contribution in [2.24, 2.45) is 5.73 Å². The van der Waals surface area contributed by atoms with Gasteiger partial charge in [0.25, 0.3) is 0 Å². The fraction of sp³-hybridized carbons (Fsp3) is 0.158. The van der Waals surface area contributed by atoms with Crippen LogP contribution in [0.15, 0.2) is 145 Å². The number of hydrogen-bond acceptors (Lipinski definition) is 4. The Kier molecular flexibility index (Phi) is 7.96. The van der Waals surface area contributed by atoms with Gasteiger partial charge in [0.1, 0.15) is 5.82 Å². The number of allylic oxidation sites excluding steroid dienone is 3. The summed E-state index contributed by atoms with van der Waals surface area (Å²) in [6.45, 7) is 6.23. The third-order valence-electron chi connectivity index (χ3n) is 8.22. The average molecular weight is 551 g/mol. The summed E-state index contributed by atoms with van der Waals surface area (Å²) >= 11 is 0. The van der Waals surface area contributed by atoms with Crippen molar-refractivity contribution in [3.05, 3.63) is 173 Å². The standard InChI is InChI=1S/C38H38N4/c1-3-13-38(42-36-20-11-8-17-31(36)23-32-18-9-12-21-37(32)42)41-35(26-39)27(4-2)24-33-25-29-15-6-5-14-28(29)22-30-16-7-10-19-34(30)40-33/h3,5-21,24,26,33,40-41H,1,4,22-23,25,39H2,2H3/b27-24-,35-26+,38-13+. The second kappa shape index (κ2) is 12.3. The number of nitrogens with zero attached hydrogens (tertiary/aromatic N) is 1. The van der Waals surface area contributed by atoms with Crippen LogP contribution in [0, 0.1) is 0 Å². The number of para-hydroxylation sites is 3. The monoisotopic (exact) mass is 550 g/mol. The smallest absolute Gasteiger partial charge is 0.115 e. The van der Waals surface area contributed by atoms with E-state index in [1.807, 2.05) is 12.2 Å². The number of nitrogens with two attached hydrogens (primary N) is 1. The first-order valence-corrected chi connectivity index (χ1v) is 14.8. The second-order valence-electron chi connectivity index (χ2n) is 10.9. The van der Waals surface area contributed by atoms with E-state index in [9.17, 15) is 0 Å². The Bertz CT molecular complexity index is 1600. The Morgan fingerprint density at radius 3 is 2.05 bits per heavy atom. The van der Waals surface area contributed by atoms with E-state index in [4.69, 9.17) is 5.73 Å². The maximum absolute atomic E-state index is 6.37. The predicted molar refractivity (Wildman–Crippen MR) is 177 cm³/mol. The molecule has 0 spiro atoms. The van der Waals surface area contributed by atoms with Gasteiger partial charge in [0.05, 0.1) is 17.1 Å². The molecule has 2 aliphatic heterocycles. The molecule has 4 aromatic carbocycles. The van der Waals surface area contributed by atoms with Crippen molar-refractivity contribution >= 4 is 17.1 Å². The number of nitrogens with one attached hydrogen (secondary N) is 2. The first-order valence-electron chi connectivity index (χ1n) is 14.8. The van der Waals surface area contributed by atoms with Gasteiger partial charge >= 0.3 is 0 Å². The molecule has 2 heterocycles. The summed E-state index contributed by atoms with van der Waals surface area (Å²) in [4.78, 5) is 2.28. The largest absolute Gasteiger partial charge is 0.403 e. The van der Waals surface area contributed by atoms with Gasteiger partial charge in [-0.3, -0.25) is 4.90 Å². The van der Waals surface area contributed by atoms with Gasteiger partial charge in [0.15, 0.2) is 0 Å². The van der Waals surface area contributed by atoms with Crippen LogP contribution in [-0.2, 0) is 19.3 Å². The maximum atomic E-state index is 6.37. The number of rotatable bonds is 7. The molecule has 0 bridgehead atoms. The zero-order valence-corrected chi connectivity index (χ0v) is 24.2. The summed E-state index contributed by atoms with van der Waals surface area (Å²) in [6, 6.07) is 34.7. The van der Waals surface area contributed by atoms with Crippen LogP contribution >= 0.6 is 0 Å². The Labute approximate surface area is 249 Å².